The van der Waals surface area contributed by atoms with E-state index in [4.69, 9.17) is 14.2 Å². The highest BCUT2D eigenvalue weighted by Gasteiger charge is 2.72. The number of halogens is 6. The lowest BCUT2D eigenvalue weighted by molar-refractivity contribution is -0.288. The Morgan fingerprint density at radius 2 is 1.33 bits per heavy atom. The number of hydrogen-bond donors (Lipinski definition) is 0. The fourth-order valence-electron chi connectivity index (χ4n) is 3.23. The van der Waals surface area contributed by atoms with E-state index in [1.165, 1.54) is 0 Å². The van der Waals surface area contributed by atoms with E-state index in [0.29, 0.717) is 24.3 Å². The van der Waals surface area contributed by atoms with E-state index in [2.05, 4.69) is 29.3 Å². The third-order valence-electron chi connectivity index (χ3n) is 4.98. The van der Waals surface area contributed by atoms with Crippen molar-refractivity contribution in [3.63, 3.8) is 0 Å². The van der Waals surface area contributed by atoms with Gasteiger partial charge in [0, 0.05) is 24.3 Å². The van der Waals surface area contributed by atoms with Crippen molar-refractivity contribution in [3.8, 4) is 35.6 Å². The molecule has 0 spiro atoms. The molecular weight excluding hydrogens is 534 g/mol. The monoisotopic (exact) mass is 554 g/mol. The van der Waals surface area contributed by atoms with Crippen LogP contribution in [0, 0.1) is 24.1 Å². The third-order valence-corrected chi connectivity index (χ3v) is 4.98. The predicted octanol–water partition coefficient (Wildman–Crippen LogP) is 5.46. The highest BCUT2D eigenvalue weighted by atomic mass is 19.4. The summed E-state index contributed by atoms with van der Waals surface area (Å²) in [6.45, 7) is 4.44. The summed E-state index contributed by atoms with van der Waals surface area (Å²) >= 11 is 0. The van der Waals surface area contributed by atoms with Crippen LogP contribution in [0.2, 0.25) is 0 Å². The maximum absolute atomic E-state index is 14.3. The summed E-state index contributed by atoms with van der Waals surface area (Å²) in [5.74, 6) is 2.72. The molecular formula is C27H20F6O6. The fraction of sp³-hybridized carbons (Fsp3) is 0.259. The Morgan fingerprint density at radius 3 is 1.82 bits per heavy atom. The topological polar surface area (TPSA) is 71.1 Å². The number of rotatable bonds is 9. The van der Waals surface area contributed by atoms with E-state index in [1.54, 1.807) is 6.92 Å². The van der Waals surface area contributed by atoms with Crippen LogP contribution in [0.25, 0.3) is 0 Å². The van der Waals surface area contributed by atoms with Crippen LogP contribution in [0.5, 0.6) is 11.5 Å². The zero-order valence-electron chi connectivity index (χ0n) is 20.2. The van der Waals surface area contributed by atoms with Gasteiger partial charge in [-0.1, -0.05) is 37.8 Å². The molecule has 0 atom stereocenters. The first-order chi connectivity index (χ1) is 18.4. The van der Waals surface area contributed by atoms with Gasteiger partial charge in [-0.15, -0.1) is 0 Å². The van der Waals surface area contributed by atoms with E-state index in [9.17, 15) is 35.9 Å². The molecule has 0 aliphatic rings. The quantitative estimate of drug-likeness (QED) is 0.135. The number of carbonyl (C=O) groups is 2. The second-order valence-electron chi connectivity index (χ2n) is 7.40. The van der Waals surface area contributed by atoms with Gasteiger partial charge in [-0.25, -0.2) is 4.79 Å². The number of ether oxygens (including phenoxy) is 4. The van der Waals surface area contributed by atoms with Gasteiger partial charge >= 0.3 is 24.3 Å². The molecule has 2 aromatic carbocycles. The molecule has 0 heterocycles. The molecule has 206 valence electrons. The number of alkyl halides is 6. The van der Waals surface area contributed by atoms with Crippen LogP contribution in [0.1, 0.15) is 24.5 Å². The fourth-order valence-corrected chi connectivity index (χ4v) is 3.23. The van der Waals surface area contributed by atoms with E-state index in [0.717, 1.165) is 30.3 Å². The molecule has 0 aliphatic heterocycles. The molecule has 0 bridgehead atoms. The van der Waals surface area contributed by atoms with E-state index < -0.39 is 40.8 Å². The van der Waals surface area contributed by atoms with Gasteiger partial charge in [0.1, 0.15) is 36.9 Å². The van der Waals surface area contributed by atoms with Gasteiger partial charge in [-0.05, 0) is 35.4 Å². The highest BCUT2D eigenvalue weighted by Crippen LogP contribution is 2.56. The minimum atomic E-state index is -5.79. The lowest BCUT2D eigenvalue weighted by Crippen LogP contribution is -2.54. The average Bonchev–Trinajstić information content (AvgIpc) is 2.88. The van der Waals surface area contributed by atoms with Crippen molar-refractivity contribution < 1.29 is 54.9 Å². The van der Waals surface area contributed by atoms with Crippen LogP contribution >= 0.6 is 0 Å². The molecule has 0 aliphatic carbocycles. The Morgan fingerprint density at radius 1 is 0.821 bits per heavy atom. The van der Waals surface area contributed by atoms with Crippen LogP contribution in [-0.4, -0.2) is 37.5 Å². The molecule has 0 amide bonds. The van der Waals surface area contributed by atoms with Gasteiger partial charge < -0.3 is 18.9 Å². The smallest absolute Gasteiger partial charge is 0.411 e. The number of hydrogen-bond acceptors (Lipinski definition) is 6. The van der Waals surface area contributed by atoms with Gasteiger partial charge in [0.2, 0.25) is 5.41 Å². The van der Waals surface area contributed by atoms with Gasteiger partial charge in [-0.2, -0.15) is 26.3 Å². The molecule has 12 heteroatoms. The second-order valence-corrected chi connectivity index (χ2v) is 7.40. The minimum Gasteiger partial charge on any atom is -0.490 e. The average molecular weight is 554 g/mol. The second kappa shape index (κ2) is 13.3. The van der Waals surface area contributed by atoms with E-state index in [1.807, 2.05) is 6.11 Å². The van der Waals surface area contributed by atoms with Crippen molar-refractivity contribution in [1.29, 1.82) is 0 Å². The van der Waals surface area contributed by atoms with Crippen molar-refractivity contribution in [2.45, 2.75) is 31.1 Å². The molecule has 0 unspecified atom stereocenters. The first kappa shape index (κ1) is 30.6. The summed E-state index contributed by atoms with van der Waals surface area (Å²) in [6.07, 6.45) is -6.60. The third kappa shape index (κ3) is 7.71. The van der Waals surface area contributed by atoms with Crippen molar-refractivity contribution in [1.82, 2.24) is 0 Å². The summed E-state index contributed by atoms with van der Waals surface area (Å²) in [7, 11) is 0. The number of benzene rings is 2. The highest BCUT2D eigenvalue weighted by molar-refractivity contribution is 5.82. The molecule has 0 radical (unpaired) electrons. The lowest BCUT2D eigenvalue weighted by atomic mass is 9.73. The van der Waals surface area contributed by atoms with Crippen LogP contribution in [-0.2, 0) is 24.5 Å². The lowest BCUT2D eigenvalue weighted by Gasteiger charge is -2.38. The van der Waals surface area contributed by atoms with Gasteiger partial charge in [-0.3, -0.25) is 4.79 Å². The van der Waals surface area contributed by atoms with Gasteiger partial charge in [0.05, 0.1) is 0 Å². The number of carbonyl (C=O) groups excluding carboxylic acids is 2. The maximum atomic E-state index is 14.3. The zero-order chi connectivity index (χ0) is 29.1. The molecule has 0 fully saturated rings. The van der Waals surface area contributed by atoms with Crippen LogP contribution in [0.15, 0.2) is 61.2 Å². The molecule has 2 aromatic rings. The van der Waals surface area contributed by atoms with Crippen molar-refractivity contribution in [3.05, 3.63) is 72.3 Å². The van der Waals surface area contributed by atoms with Gasteiger partial charge in [0.15, 0.2) is 0 Å². The van der Waals surface area contributed by atoms with Crippen molar-refractivity contribution in [2.24, 2.45) is 0 Å². The Labute approximate surface area is 219 Å². The normalized spacial score (nSPS) is 11.2. The number of esters is 2. The van der Waals surface area contributed by atoms with Crippen LogP contribution < -0.4 is 9.47 Å². The standard InChI is InChI=1S/C27H20F6O6/c1-3-23(34)38-16-6-5-15-36-21-11-7-19(8-12-21)25(26(28,29)30,27(31,32)33)20-9-13-22(14-10-20)37-17-18-39-24(35)4-2/h3,7-14H,1,4,17-18H2,2H3. The predicted molar refractivity (Wildman–Crippen MR) is 125 cm³/mol. The molecule has 0 saturated carbocycles. The summed E-state index contributed by atoms with van der Waals surface area (Å²) in [5.41, 5.74) is -6.58. The molecule has 39 heavy (non-hydrogen) atoms. The van der Waals surface area contributed by atoms with E-state index in [-0.39, 0.29) is 31.1 Å². The summed E-state index contributed by atoms with van der Waals surface area (Å²) < 4.78 is 105. The Balaban J connectivity index is 2.33. The zero-order valence-corrected chi connectivity index (χ0v) is 20.2. The first-order valence-electron chi connectivity index (χ1n) is 11.0. The van der Waals surface area contributed by atoms with Crippen molar-refractivity contribution in [2.75, 3.05) is 13.2 Å². The molecule has 6 nitrogen and oxygen atoms in total. The Hall–Kier alpha value is -4.58. The summed E-state index contributed by atoms with van der Waals surface area (Å²) in [5, 5.41) is 0. The van der Waals surface area contributed by atoms with Crippen molar-refractivity contribution >= 4 is 11.9 Å². The molecule has 0 aromatic heterocycles. The largest absolute Gasteiger partial charge is 0.490 e. The summed E-state index contributed by atoms with van der Waals surface area (Å²) in [6, 6.07) is 6.29. The summed E-state index contributed by atoms with van der Waals surface area (Å²) in [4.78, 5) is 21.9. The van der Waals surface area contributed by atoms with Crippen LogP contribution in [0.3, 0.4) is 0 Å². The SMILES string of the molecule is C=CC(=O)OC#CC#COc1ccc(C(c2ccc(OCCOC(=O)CC)cc2)(C(F)(F)F)C(F)(F)F)cc1. The van der Waals surface area contributed by atoms with Gasteiger partial charge in [0.25, 0.3) is 0 Å². The molecule has 0 N–H and O–H groups in total. The van der Waals surface area contributed by atoms with Crippen LogP contribution in [0.4, 0.5) is 26.3 Å². The Bertz CT molecular complexity index is 1260. The maximum Gasteiger partial charge on any atom is 0.411 e. The Kier molecular flexibility index (Phi) is 10.4. The van der Waals surface area contributed by atoms with E-state index >= 15 is 0 Å². The molecule has 0 saturated heterocycles. The molecule has 2 rings (SSSR count). The minimum absolute atomic E-state index is 0.0192. The first-order valence-corrected chi connectivity index (χ1v) is 11.0.